The van der Waals surface area contributed by atoms with Gasteiger partial charge in [0.1, 0.15) is 0 Å². The number of amides is 2. The quantitative estimate of drug-likeness (QED) is 0.769. The van der Waals surface area contributed by atoms with E-state index in [0.717, 1.165) is 13.0 Å². The lowest BCUT2D eigenvalue weighted by Gasteiger charge is -2.24. The van der Waals surface area contributed by atoms with Crippen LogP contribution in [-0.4, -0.2) is 66.2 Å². The van der Waals surface area contributed by atoms with E-state index in [1.165, 1.54) is 0 Å². The minimum atomic E-state index is -0.829. The van der Waals surface area contributed by atoms with Crippen LogP contribution in [-0.2, 0) is 4.79 Å². The van der Waals surface area contributed by atoms with E-state index in [-0.39, 0.29) is 12.6 Å². The lowest BCUT2D eigenvalue weighted by molar-refractivity contribution is -0.146. The molecular formula is C14H27N3O3. The molecule has 2 unspecified atom stereocenters. The van der Waals surface area contributed by atoms with E-state index in [1.54, 1.807) is 11.8 Å². The second-order valence-corrected chi connectivity index (χ2v) is 6.01. The van der Waals surface area contributed by atoms with Crippen molar-refractivity contribution in [3.63, 3.8) is 0 Å². The summed E-state index contributed by atoms with van der Waals surface area (Å²) < 4.78 is 0. The largest absolute Gasteiger partial charge is 0.481 e. The van der Waals surface area contributed by atoms with Crippen LogP contribution in [0.3, 0.4) is 0 Å². The van der Waals surface area contributed by atoms with E-state index in [4.69, 9.17) is 5.11 Å². The summed E-state index contributed by atoms with van der Waals surface area (Å²) in [6.07, 6.45) is 1.59. The third kappa shape index (κ3) is 4.10. The van der Waals surface area contributed by atoms with Gasteiger partial charge in [-0.25, -0.2) is 4.79 Å². The van der Waals surface area contributed by atoms with E-state index in [0.29, 0.717) is 25.6 Å². The number of carbonyl (C=O) groups excluding carboxylic acids is 1. The molecule has 6 heteroatoms. The Kier molecular flexibility index (Phi) is 5.80. The summed E-state index contributed by atoms with van der Waals surface area (Å²) in [7, 11) is 2.04. The first-order valence-electron chi connectivity index (χ1n) is 7.26. The summed E-state index contributed by atoms with van der Waals surface area (Å²) in [5.41, 5.74) is -0.801. The van der Waals surface area contributed by atoms with E-state index in [2.05, 4.69) is 24.1 Å². The fourth-order valence-corrected chi connectivity index (χ4v) is 2.29. The highest BCUT2D eigenvalue weighted by Crippen LogP contribution is 2.29. The van der Waals surface area contributed by atoms with Crippen molar-refractivity contribution in [3.8, 4) is 0 Å². The number of nitrogens with one attached hydrogen (secondary N) is 1. The highest BCUT2D eigenvalue weighted by atomic mass is 16.4. The van der Waals surface area contributed by atoms with Gasteiger partial charge in [0.2, 0.25) is 0 Å². The van der Waals surface area contributed by atoms with Gasteiger partial charge in [-0.15, -0.1) is 0 Å². The number of nitrogens with zero attached hydrogens (tertiary/aromatic N) is 2. The van der Waals surface area contributed by atoms with Crippen LogP contribution in [0.4, 0.5) is 4.79 Å². The second-order valence-electron chi connectivity index (χ2n) is 6.01. The zero-order valence-electron chi connectivity index (χ0n) is 13.0. The molecule has 2 atom stereocenters. The van der Waals surface area contributed by atoms with Crippen molar-refractivity contribution in [2.24, 2.45) is 5.41 Å². The van der Waals surface area contributed by atoms with Gasteiger partial charge in [-0.1, -0.05) is 6.92 Å². The Balaban J connectivity index is 2.33. The monoisotopic (exact) mass is 285 g/mol. The number of rotatable bonds is 6. The average Bonchev–Trinajstić information content (AvgIpc) is 2.81. The van der Waals surface area contributed by atoms with E-state index in [9.17, 15) is 9.59 Å². The van der Waals surface area contributed by atoms with Crippen molar-refractivity contribution in [3.05, 3.63) is 0 Å². The molecule has 0 saturated carbocycles. The average molecular weight is 285 g/mol. The normalized spacial score (nSPS) is 23.9. The zero-order valence-corrected chi connectivity index (χ0v) is 13.0. The summed E-state index contributed by atoms with van der Waals surface area (Å²) in [4.78, 5) is 26.9. The Bertz CT molecular complexity index is 362. The number of likely N-dealkylation sites (tertiary alicyclic amines) is 1. The van der Waals surface area contributed by atoms with Crippen LogP contribution < -0.4 is 5.32 Å². The molecule has 0 spiro atoms. The molecule has 1 heterocycles. The fraction of sp³-hybridized carbons (Fsp3) is 0.857. The third-order valence-electron chi connectivity index (χ3n) is 4.36. The number of carbonyl (C=O) groups is 2. The fourth-order valence-electron chi connectivity index (χ4n) is 2.29. The van der Waals surface area contributed by atoms with Crippen molar-refractivity contribution < 1.29 is 14.7 Å². The van der Waals surface area contributed by atoms with Gasteiger partial charge in [0.05, 0.1) is 5.41 Å². The summed E-state index contributed by atoms with van der Waals surface area (Å²) in [5.74, 6) is -0.829. The lowest BCUT2D eigenvalue weighted by Crippen LogP contribution is -2.44. The Morgan fingerprint density at radius 1 is 1.50 bits per heavy atom. The van der Waals surface area contributed by atoms with Crippen LogP contribution >= 0.6 is 0 Å². The molecule has 2 amide bonds. The molecule has 1 aliphatic heterocycles. The number of hydrogen-bond donors (Lipinski definition) is 2. The number of carboxylic acid groups (broad SMARTS) is 1. The minimum Gasteiger partial charge on any atom is -0.481 e. The van der Waals surface area contributed by atoms with Crippen LogP contribution in [0.15, 0.2) is 0 Å². The predicted molar refractivity (Wildman–Crippen MR) is 77.7 cm³/mol. The summed E-state index contributed by atoms with van der Waals surface area (Å²) in [6.45, 7) is 8.16. The third-order valence-corrected chi connectivity index (χ3v) is 4.36. The molecule has 20 heavy (non-hydrogen) atoms. The van der Waals surface area contributed by atoms with Crippen molar-refractivity contribution in [2.45, 2.75) is 39.7 Å². The van der Waals surface area contributed by atoms with Crippen molar-refractivity contribution in [1.29, 1.82) is 0 Å². The molecule has 0 aromatic carbocycles. The molecule has 6 nitrogen and oxygen atoms in total. The van der Waals surface area contributed by atoms with Gasteiger partial charge in [-0.05, 0) is 33.7 Å². The molecule has 0 aliphatic carbocycles. The minimum absolute atomic E-state index is 0.160. The first kappa shape index (κ1) is 16.8. The lowest BCUT2D eigenvalue weighted by atomic mass is 9.90. The summed E-state index contributed by atoms with van der Waals surface area (Å²) in [6, 6.07) is 0.335. The molecule has 1 rings (SSSR count). The SMILES string of the molecule is CCC(C)N(C)CCNC(=O)N1CCC(C)(C(=O)O)C1. The van der Waals surface area contributed by atoms with Crippen molar-refractivity contribution in [2.75, 3.05) is 33.2 Å². The molecular weight excluding hydrogens is 258 g/mol. The van der Waals surface area contributed by atoms with Gasteiger partial charge in [0, 0.05) is 32.2 Å². The molecule has 1 aliphatic rings. The Labute approximate surface area is 121 Å². The molecule has 2 N–H and O–H groups in total. The predicted octanol–water partition coefficient (Wildman–Crippen LogP) is 1.22. The van der Waals surface area contributed by atoms with Gasteiger partial charge >= 0.3 is 12.0 Å². The highest BCUT2D eigenvalue weighted by molar-refractivity contribution is 5.79. The van der Waals surface area contributed by atoms with Crippen molar-refractivity contribution in [1.82, 2.24) is 15.1 Å². The topological polar surface area (TPSA) is 72.9 Å². The van der Waals surface area contributed by atoms with E-state index >= 15 is 0 Å². The van der Waals surface area contributed by atoms with Crippen LogP contribution in [0.25, 0.3) is 0 Å². The molecule has 0 radical (unpaired) electrons. The van der Waals surface area contributed by atoms with Gasteiger partial charge < -0.3 is 20.2 Å². The molecule has 1 fully saturated rings. The van der Waals surface area contributed by atoms with Gasteiger partial charge in [-0.3, -0.25) is 4.79 Å². The Morgan fingerprint density at radius 2 is 2.15 bits per heavy atom. The first-order chi connectivity index (χ1) is 9.30. The smallest absolute Gasteiger partial charge is 0.317 e. The number of urea groups is 1. The molecule has 0 aromatic heterocycles. The van der Waals surface area contributed by atoms with Crippen LogP contribution in [0.2, 0.25) is 0 Å². The zero-order chi connectivity index (χ0) is 15.3. The highest BCUT2D eigenvalue weighted by Gasteiger charge is 2.42. The Morgan fingerprint density at radius 3 is 2.65 bits per heavy atom. The summed E-state index contributed by atoms with van der Waals surface area (Å²) >= 11 is 0. The van der Waals surface area contributed by atoms with Crippen LogP contribution in [0.1, 0.15) is 33.6 Å². The van der Waals surface area contributed by atoms with E-state index in [1.807, 2.05) is 7.05 Å². The van der Waals surface area contributed by atoms with Gasteiger partial charge in [0.25, 0.3) is 0 Å². The molecule has 116 valence electrons. The number of aliphatic carboxylic acids is 1. The molecule has 1 saturated heterocycles. The molecule has 0 bridgehead atoms. The van der Waals surface area contributed by atoms with Gasteiger partial charge in [0.15, 0.2) is 0 Å². The maximum Gasteiger partial charge on any atom is 0.317 e. The number of hydrogen-bond acceptors (Lipinski definition) is 3. The van der Waals surface area contributed by atoms with Crippen LogP contribution in [0, 0.1) is 5.41 Å². The summed E-state index contributed by atoms with van der Waals surface area (Å²) in [5, 5.41) is 12.0. The van der Waals surface area contributed by atoms with E-state index < -0.39 is 11.4 Å². The number of carboxylic acids is 1. The number of likely N-dealkylation sites (N-methyl/N-ethyl adjacent to an activating group) is 1. The van der Waals surface area contributed by atoms with Crippen LogP contribution in [0.5, 0.6) is 0 Å². The first-order valence-corrected chi connectivity index (χ1v) is 7.26. The Hall–Kier alpha value is -1.30. The maximum atomic E-state index is 12.0. The molecule has 0 aromatic rings. The maximum absolute atomic E-state index is 12.0. The standard InChI is InChI=1S/C14H27N3O3/c1-5-11(2)16(4)9-7-15-13(20)17-8-6-14(3,10-17)12(18)19/h11H,5-10H2,1-4H3,(H,15,20)(H,18,19). The van der Waals surface area contributed by atoms with Crippen molar-refractivity contribution >= 4 is 12.0 Å². The van der Waals surface area contributed by atoms with Gasteiger partial charge in [-0.2, -0.15) is 0 Å². The second kappa shape index (κ2) is 6.92.